The first-order valence-corrected chi connectivity index (χ1v) is 9.81. The van der Waals surface area contributed by atoms with Gasteiger partial charge in [0.2, 0.25) is 0 Å². The Labute approximate surface area is 132 Å². The van der Waals surface area contributed by atoms with Crippen LogP contribution in [0.25, 0.3) is 0 Å². The number of hydrogen-bond acceptors (Lipinski definition) is 6. The molecule has 0 aliphatic rings. The van der Waals surface area contributed by atoms with Gasteiger partial charge >= 0.3 is 8.80 Å². The van der Waals surface area contributed by atoms with Crippen molar-refractivity contribution in [3.63, 3.8) is 0 Å². The van der Waals surface area contributed by atoms with E-state index in [1.54, 1.807) is 21.3 Å². The SMILES string of the molecule is CCN(CC)CC.CO[Si](CCCNCCN)(OC)OC. The van der Waals surface area contributed by atoms with Crippen molar-refractivity contribution in [3.8, 4) is 0 Å². The topological polar surface area (TPSA) is 69.0 Å². The Hall–Kier alpha value is -0.0231. The molecule has 130 valence electrons. The average Bonchev–Trinajstić information content (AvgIpc) is 2.54. The summed E-state index contributed by atoms with van der Waals surface area (Å²) in [6.07, 6.45) is 0.974. The molecule has 0 atom stereocenters. The molecule has 0 saturated heterocycles. The molecule has 0 amide bonds. The highest BCUT2D eigenvalue weighted by molar-refractivity contribution is 6.60. The predicted molar refractivity (Wildman–Crippen MR) is 91.6 cm³/mol. The number of hydrogen-bond donors (Lipinski definition) is 2. The standard InChI is InChI=1S/C8H22N2O3Si.C6H15N/c1-11-14(12-2,13-3)8-4-6-10-7-5-9;1-4-7(5-2)6-3/h10H,4-9H2,1-3H3;4-6H2,1-3H3. The highest BCUT2D eigenvalue weighted by atomic mass is 28.4. The van der Waals surface area contributed by atoms with Crippen molar-refractivity contribution in [2.24, 2.45) is 5.73 Å². The van der Waals surface area contributed by atoms with E-state index in [-0.39, 0.29) is 0 Å². The lowest BCUT2D eigenvalue weighted by atomic mass is 10.5. The Bertz CT molecular complexity index is 190. The molecule has 0 fully saturated rings. The first-order valence-electron chi connectivity index (χ1n) is 7.88. The molecule has 0 bridgehead atoms. The lowest BCUT2D eigenvalue weighted by Gasteiger charge is -2.24. The molecule has 0 saturated carbocycles. The summed E-state index contributed by atoms with van der Waals surface area (Å²) in [7, 11) is 2.55. The monoisotopic (exact) mass is 323 g/mol. The van der Waals surface area contributed by atoms with Gasteiger partial charge in [0.15, 0.2) is 0 Å². The van der Waals surface area contributed by atoms with Gasteiger partial charge in [0.05, 0.1) is 0 Å². The molecular formula is C14H37N3O3Si. The van der Waals surface area contributed by atoms with E-state index >= 15 is 0 Å². The molecule has 0 aliphatic carbocycles. The Morgan fingerprint density at radius 1 is 0.905 bits per heavy atom. The molecule has 0 heterocycles. The zero-order chi connectivity index (χ0) is 16.6. The van der Waals surface area contributed by atoms with Crippen LogP contribution < -0.4 is 11.1 Å². The van der Waals surface area contributed by atoms with E-state index in [0.717, 1.165) is 25.6 Å². The van der Waals surface area contributed by atoms with Crippen LogP contribution in [0.1, 0.15) is 27.2 Å². The summed E-state index contributed by atoms with van der Waals surface area (Å²) in [6, 6.07) is 0.827. The minimum absolute atomic E-state index is 0.668. The van der Waals surface area contributed by atoms with E-state index in [1.807, 2.05) is 0 Å². The molecule has 0 aromatic rings. The van der Waals surface area contributed by atoms with Crippen molar-refractivity contribution in [3.05, 3.63) is 0 Å². The molecule has 0 aromatic carbocycles. The third kappa shape index (κ3) is 12.2. The van der Waals surface area contributed by atoms with Crippen LogP contribution in [-0.2, 0) is 13.3 Å². The van der Waals surface area contributed by atoms with Crippen molar-refractivity contribution in [1.29, 1.82) is 0 Å². The van der Waals surface area contributed by atoms with Gasteiger partial charge in [-0.2, -0.15) is 0 Å². The van der Waals surface area contributed by atoms with Crippen LogP contribution >= 0.6 is 0 Å². The lowest BCUT2D eigenvalue weighted by Crippen LogP contribution is -2.43. The molecule has 7 heteroatoms. The third-order valence-electron chi connectivity index (χ3n) is 3.43. The van der Waals surface area contributed by atoms with Gasteiger partial charge in [-0.15, -0.1) is 0 Å². The second-order valence-corrected chi connectivity index (χ2v) is 7.65. The van der Waals surface area contributed by atoms with Crippen LogP contribution in [0.15, 0.2) is 0 Å². The molecule has 21 heavy (non-hydrogen) atoms. The van der Waals surface area contributed by atoms with E-state index in [2.05, 4.69) is 31.0 Å². The lowest BCUT2D eigenvalue weighted by molar-refractivity contribution is 0.123. The maximum Gasteiger partial charge on any atom is 0.500 e. The van der Waals surface area contributed by atoms with Crippen LogP contribution in [-0.4, -0.2) is 74.3 Å². The van der Waals surface area contributed by atoms with Crippen molar-refractivity contribution in [2.75, 3.05) is 60.6 Å². The quantitative estimate of drug-likeness (QED) is 0.415. The minimum atomic E-state index is -2.35. The van der Waals surface area contributed by atoms with Crippen molar-refractivity contribution < 1.29 is 13.3 Å². The number of nitrogens with zero attached hydrogens (tertiary/aromatic N) is 1. The van der Waals surface area contributed by atoms with Crippen LogP contribution in [0.5, 0.6) is 0 Å². The summed E-state index contributed by atoms with van der Waals surface area (Å²) in [5.74, 6) is 0. The van der Waals surface area contributed by atoms with E-state index in [0.29, 0.717) is 6.54 Å². The van der Waals surface area contributed by atoms with E-state index in [9.17, 15) is 0 Å². The number of nitrogens with two attached hydrogens (primary N) is 1. The molecular weight excluding hydrogens is 286 g/mol. The van der Waals surface area contributed by atoms with Crippen molar-refractivity contribution in [1.82, 2.24) is 10.2 Å². The highest BCUT2D eigenvalue weighted by Gasteiger charge is 2.36. The Morgan fingerprint density at radius 2 is 1.38 bits per heavy atom. The Kier molecular flexibility index (Phi) is 18.1. The first-order chi connectivity index (χ1) is 10.1. The summed E-state index contributed by atoms with van der Waals surface area (Å²) in [5.41, 5.74) is 5.35. The molecule has 0 aromatic heterocycles. The molecule has 3 N–H and O–H groups in total. The number of nitrogens with one attached hydrogen (secondary N) is 1. The fourth-order valence-corrected chi connectivity index (χ4v) is 3.61. The van der Waals surface area contributed by atoms with Crippen LogP contribution in [0.4, 0.5) is 0 Å². The molecule has 0 radical (unpaired) electrons. The number of rotatable bonds is 12. The predicted octanol–water partition coefficient (Wildman–Crippen LogP) is 1.15. The maximum atomic E-state index is 5.35. The zero-order valence-corrected chi connectivity index (χ0v) is 15.9. The zero-order valence-electron chi connectivity index (χ0n) is 14.9. The van der Waals surface area contributed by atoms with E-state index in [4.69, 9.17) is 19.0 Å². The normalized spacial score (nSPS) is 11.4. The smallest absolute Gasteiger partial charge is 0.377 e. The van der Waals surface area contributed by atoms with Crippen LogP contribution in [0.2, 0.25) is 6.04 Å². The fourth-order valence-electron chi connectivity index (χ4n) is 1.88. The van der Waals surface area contributed by atoms with Gasteiger partial charge in [-0.1, -0.05) is 20.8 Å². The Balaban J connectivity index is 0. The van der Waals surface area contributed by atoms with Gasteiger partial charge in [0.25, 0.3) is 0 Å². The average molecular weight is 324 g/mol. The summed E-state index contributed by atoms with van der Waals surface area (Å²) in [4.78, 5) is 2.38. The fraction of sp³-hybridized carbons (Fsp3) is 1.00. The van der Waals surface area contributed by atoms with Crippen LogP contribution in [0, 0.1) is 0 Å². The first kappa shape index (κ1) is 23.2. The van der Waals surface area contributed by atoms with Gasteiger partial charge in [-0.05, 0) is 32.6 Å². The second-order valence-electron chi connectivity index (χ2n) is 4.56. The van der Waals surface area contributed by atoms with E-state index in [1.165, 1.54) is 19.6 Å². The van der Waals surface area contributed by atoms with E-state index < -0.39 is 8.80 Å². The van der Waals surface area contributed by atoms with Gasteiger partial charge in [0, 0.05) is 40.5 Å². The van der Waals surface area contributed by atoms with Crippen LogP contribution in [0.3, 0.4) is 0 Å². The maximum absolute atomic E-state index is 5.35. The molecule has 0 rings (SSSR count). The summed E-state index contributed by atoms with van der Waals surface area (Å²) in [6.45, 7) is 12.6. The summed E-state index contributed by atoms with van der Waals surface area (Å²) >= 11 is 0. The molecule has 6 nitrogen and oxygen atoms in total. The van der Waals surface area contributed by atoms with Gasteiger partial charge in [0.1, 0.15) is 0 Å². The molecule has 0 unspecified atom stereocenters. The van der Waals surface area contributed by atoms with Crippen molar-refractivity contribution in [2.45, 2.75) is 33.2 Å². The molecule has 0 aliphatic heterocycles. The largest absolute Gasteiger partial charge is 0.500 e. The Morgan fingerprint density at radius 3 is 1.67 bits per heavy atom. The second kappa shape index (κ2) is 16.3. The van der Waals surface area contributed by atoms with Gasteiger partial charge < -0.3 is 29.2 Å². The van der Waals surface area contributed by atoms with Gasteiger partial charge in [-0.3, -0.25) is 0 Å². The summed E-state index contributed by atoms with van der Waals surface area (Å²) in [5, 5.41) is 3.21. The highest BCUT2D eigenvalue weighted by Crippen LogP contribution is 2.14. The third-order valence-corrected chi connectivity index (χ3v) is 6.26. The van der Waals surface area contributed by atoms with Gasteiger partial charge in [-0.25, -0.2) is 0 Å². The minimum Gasteiger partial charge on any atom is -0.377 e. The van der Waals surface area contributed by atoms with Crippen molar-refractivity contribution >= 4 is 8.80 Å². The molecule has 0 spiro atoms. The summed E-state index contributed by atoms with van der Waals surface area (Å²) < 4.78 is 15.9.